The highest BCUT2D eigenvalue weighted by Crippen LogP contribution is 2.24. The van der Waals surface area contributed by atoms with Gasteiger partial charge in [0, 0.05) is 11.1 Å². The van der Waals surface area contributed by atoms with E-state index in [4.69, 9.17) is 21.3 Å². The van der Waals surface area contributed by atoms with E-state index < -0.39 is 0 Å². The van der Waals surface area contributed by atoms with Gasteiger partial charge in [-0.1, -0.05) is 11.6 Å². The molecule has 0 atom stereocenters. The fourth-order valence-electron chi connectivity index (χ4n) is 0.824. The highest BCUT2D eigenvalue weighted by atomic mass is 35.5. The maximum absolute atomic E-state index is 8.55. The van der Waals surface area contributed by atoms with Crippen LogP contribution in [-0.4, -0.2) is 0 Å². The van der Waals surface area contributed by atoms with Gasteiger partial charge in [-0.05, 0) is 19.9 Å². The largest absolute Gasteiger partial charge is 0.469 e. The molecule has 0 aliphatic heterocycles. The van der Waals surface area contributed by atoms with Crippen LogP contribution in [0.2, 0.25) is 0 Å². The summed E-state index contributed by atoms with van der Waals surface area (Å²) in [5, 5.41) is 9.00. The number of hydrogen-bond donors (Lipinski definition) is 0. The third kappa shape index (κ3) is 1.69. The summed E-state index contributed by atoms with van der Waals surface area (Å²) in [6.45, 7) is 3.50. The Kier molecular flexibility index (Phi) is 2.57. The summed E-state index contributed by atoms with van der Waals surface area (Å²) in [6, 6.07) is 3.77. The van der Waals surface area contributed by atoms with Crippen molar-refractivity contribution in [1.82, 2.24) is 0 Å². The quantitative estimate of drug-likeness (QED) is 0.625. The van der Waals surface area contributed by atoms with Gasteiger partial charge in [-0.2, -0.15) is 5.26 Å². The first kappa shape index (κ1) is 8.89. The average Bonchev–Trinajstić information content (AvgIpc) is 2.49. The zero-order valence-electron chi connectivity index (χ0n) is 6.89. The van der Waals surface area contributed by atoms with Crippen molar-refractivity contribution in [1.29, 1.82) is 5.26 Å². The second-order valence-corrected chi connectivity index (χ2v) is 2.87. The van der Waals surface area contributed by atoms with Crippen LogP contribution in [0.15, 0.2) is 22.3 Å². The van der Waals surface area contributed by atoms with E-state index in [1.807, 2.05) is 13.0 Å². The topological polar surface area (TPSA) is 36.9 Å². The summed E-state index contributed by atoms with van der Waals surface area (Å²) in [5.74, 6) is 0.786. The summed E-state index contributed by atoms with van der Waals surface area (Å²) in [6.07, 6.45) is 1.54. The second-order valence-electron chi connectivity index (χ2n) is 2.50. The molecule has 0 aliphatic rings. The Balaban J connectivity index is 3.09. The molecule has 0 amide bonds. The van der Waals surface area contributed by atoms with E-state index in [9.17, 15) is 0 Å². The van der Waals surface area contributed by atoms with Crippen LogP contribution in [0.3, 0.4) is 0 Å². The fraction of sp³-hybridized carbons (Fsp3) is 0.222. The molecule has 0 saturated carbocycles. The Hall–Kier alpha value is -1.20. The van der Waals surface area contributed by atoms with Crippen molar-refractivity contribution in [2.75, 3.05) is 0 Å². The Labute approximate surface area is 76.1 Å². The lowest BCUT2D eigenvalue weighted by Gasteiger charge is -1.92. The Morgan fingerprint density at radius 1 is 1.67 bits per heavy atom. The third-order valence-corrected chi connectivity index (χ3v) is 1.98. The average molecular weight is 182 g/mol. The first-order valence-corrected chi connectivity index (χ1v) is 3.85. The molecule has 62 valence electrons. The first-order chi connectivity index (χ1) is 5.65. The van der Waals surface area contributed by atoms with Crippen LogP contribution < -0.4 is 0 Å². The van der Waals surface area contributed by atoms with Gasteiger partial charge < -0.3 is 4.42 Å². The second kappa shape index (κ2) is 3.46. The van der Waals surface area contributed by atoms with Crippen LogP contribution in [0.5, 0.6) is 0 Å². The SMILES string of the molecule is CC(C#N)=C(Cl)c1coc(C)c1. The molecule has 0 aromatic carbocycles. The maximum atomic E-state index is 8.55. The van der Waals surface area contributed by atoms with E-state index in [1.165, 1.54) is 0 Å². The number of nitrogens with zero attached hydrogens (tertiary/aromatic N) is 1. The van der Waals surface area contributed by atoms with E-state index in [0.29, 0.717) is 10.6 Å². The molecule has 1 rings (SSSR count). The summed E-state index contributed by atoms with van der Waals surface area (Å²) < 4.78 is 5.05. The maximum Gasteiger partial charge on any atom is 0.101 e. The van der Waals surface area contributed by atoms with Crippen molar-refractivity contribution in [2.45, 2.75) is 13.8 Å². The molecular weight excluding hydrogens is 174 g/mol. The Morgan fingerprint density at radius 2 is 2.33 bits per heavy atom. The Bertz CT molecular complexity index is 357. The molecule has 1 aromatic heterocycles. The number of furan rings is 1. The molecule has 0 fully saturated rings. The molecule has 0 aliphatic carbocycles. The van der Waals surface area contributed by atoms with E-state index >= 15 is 0 Å². The highest BCUT2D eigenvalue weighted by Gasteiger charge is 2.04. The van der Waals surface area contributed by atoms with E-state index in [0.717, 1.165) is 11.3 Å². The summed E-state index contributed by atoms with van der Waals surface area (Å²) in [7, 11) is 0. The lowest BCUT2D eigenvalue weighted by molar-refractivity contribution is 0.534. The minimum atomic E-state index is 0.453. The minimum absolute atomic E-state index is 0.453. The molecular formula is C9H8ClNO. The van der Waals surface area contributed by atoms with Gasteiger partial charge in [0.05, 0.1) is 17.4 Å². The normalized spacial score (nSPS) is 12.2. The summed E-state index contributed by atoms with van der Waals surface area (Å²) >= 11 is 5.87. The van der Waals surface area contributed by atoms with Crippen molar-refractivity contribution < 1.29 is 4.42 Å². The molecule has 0 radical (unpaired) electrons. The predicted octanol–water partition coefficient (Wildman–Crippen LogP) is 3.08. The van der Waals surface area contributed by atoms with Gasteiger partial charge in [0.1, 0.15) is 5.76 Å². The van der Waals surface area contributed by atoms with Crippen molar-refractivity contribution in [2.24, 2.45) is 0 Å². The van der Waals surface area contributed by atoms with Crippen molar-refractivity contribution in [3.05, 3.63) is 29.2 Å². The molecule has 0 spiro atoms. The summed E-state index contributed by atoms with van der Waals surface area (Å²) in [5.41, 5.74) is 1.26. The lowest BCUT2D eigenvalue weighted by atomic mass is 10.2. The predicted molar refractivity (Wildman–Crippen MR) is 47.5 cm³/mol. The fourth-order valence-corrected chi connectivity index (χ4v) is 0.965. The van der Waals surface area contributed by atoms with Gasteiger partial charge in [-0.3, -0.25) is 0 Å². The van der Waals surface area contributed by atoms with E-state index in [1.54, 1.807) is 19.3 Å². The van der Waals surface area contributed by atoms with E-state index in [2.05, 4.69) is 0 Å². The van der Waals surface area contributed by atoms with Gasteiger partial charge in [0.15, 0.2) is 0 Å². The van der Waals surface area contributed by atoms with Gasteiger partial charge in [-0.25, -0.2) is 0 Å². The molecule has 2 nitrogen and oxygen atoms in total. The highest BCUT2D eigenvalue weighted by molar-refractivity contribution is 6.49. The van der Waals surface area contributed by atoms with Crippen molar-refractivity contribution in [3.63, 3.8) is 0 Å². The smallest absolute Gasteiger partial charge is 0.101 e. The summed E-state index contributed by atoms with van der Waals surface area (Å²) in [4.78, 5) is 0. The monoisotopic (exact) mass is 181 g/mol. The molecule has 1 heterocycles. The van der Waals surface area contributed by atoms with Gasteiger partial charge >= 0.3 is 0 Å². The van der Waals surface area contributed by atoms with Gasteiger partial charge in [-0.15, -0.1) is 0 Å². The van der Waals surface area contributed by atoms with Crippen molar-refractivity contribution >= 4 is 16.6 Å². The van der Waals surface area contributed by atoms with Crippen LogP contribution >= 0.6 is 11.6 Å². The first-order valence-electron chi connectivity index (χ1n) is 3.47. The molecule has 0 saturated heterocycles. The zero-order valence-corrected chi connectivity index (χ0v) is 7.64. The molecule has 0 N–H and O–H groups in total. The van der Waals surface area contributed by atoms with Gasteiger partial charge in [0.25, 0.3) is 0 Å². The number of aryl methyl sites for hydroxylation is 1. The van der Waals surface area contributed by atoms with Crippen LogP contribution in [0.25, 0.3) is 5.03 Å². The number of halogens is 1. The van der Waals surface area contributed by atoms with Gasteiger partial charge in [0.2, 0.25) is 0 Å². The molecule has 1 aromatic rings. The number of hydrogen-bond acceptors (Lipinski definition) is 2. The molecule has 0 unspecified atom stereocenters. The van der Waals surface area contributed by atoms with E-state index in [-0.39, 0.29) is 0 Å². The molecule has 12 heavy (non-hydrogen) atoms. The van der Waals surface area contributed by atoms with Crippen molar-refractivity contribution in [3.8, 4) is 6.07 Å². The number of allylic oxidation sites excluding steroid dienone is 1. The minimum Gasteiger partial charge on any atom is -0.469 e. The molecule has 3 heteroatoms. The van der Waals surface area contributed by atoms with Crippen LogP contribution in [0.4, 0.5) is 0 Å². The Morgan fingerprint density at radius 3 is 2.75 bits per heavy atom. The van der Waals surface area contributed by atoms with Crippen LogP contribution in [-0.2, 0) is 0 Å². The lowest BCUT2D eigenvalue weighted by Crippen LogP contribution is -1.75. The number of nitriles is 1. The standard InChI is InChI=1S/C9H8ClNO/c1-6(4-11)9(10)8-3-7(2)12-5-8/h3,5H,1-2H3. The zero-order chi connectivity index (χ0) is 9.14. The third-order valence-electron chi connectivity index (χ3n) is 1.48. The van der Waals surface area contributed by atoms with Crippen LogP contribution in [0.1, 0.15) is 18.2 Å². The molecule has 0 bridgehead atoms. The number of rotatable bonds is 1. The van der Waals surface area contributed by atoms with Crippen LogP contribution in [0, 0.1) is 18.3 Å².